The Hall–Kier alpha value is -0.0800. The summed E-state index contributed by atoms with van der Waals surface area (Å²) in [6.45, 7) is 2.10. The van der Waals surface area contributed by atoms with Crippen LogP contribution < -0.4 is 0 Å². The number of hydrogen-bond donors (Lipinski definition) is 1. The molecule has 1 N–H and O–H groups in total. The van der Waals surface area contributed by atoms with Gasteiger partial charge in [0.15, 0.2) is 0 Å². The predicted molar refractivity (Wildman–Crippen MR) is 26.5 cm³/mol. The molecule has 0 fully saturated rings. The molecular formula is C5H10O2. The second-order valence-electron chi connectivity index (χ2n) is 1.40. The third kappa shape index (κ3) is 3.76. The smallest absolute Gasteiger partial charge is 0.115 e. The molecule has 0 aromatic heterocycles. The van der Waals surface area contributed by atoms with Crippen molar-refractivity contribution < 1.29 is 9.84 Å². The predicted octanol–water partition coefficient (Wildman–Crippen LogP) is 0.442. The first-order valence-corrected chi connectivity index (χ1v) is 2.31. The van der Waals surface area contributed by atoms with Crippen LogP contribution in [0.15, 0.2) is 0 Å². The summed E-state index contributed by atoms with van der Waals surface area (Å²) >= 11 is 0. The van der Waals surface area contributed by atoms with Crippen molar-refractivity contribution in [2.24, 2.45) is 0 Å². The van der Waals surface area contributed by atoms with Crippen LogP contribution in [0.2, 0.25) is 0 Å². The first-order valence-electron chi connectivity index (χ1n) is 2.31. The van der Waals surface area contributed by atoms with E-state index in [1.165, 1.54) is 0 Å². The van der Waals surface area contributed by atoms with E-state index in [1.807, 2.05) is 6.92 Å². The van der Waals surface area contributed by atoms with Crippen molar-refractivity contribution in [2.75, 3.05) is 6.61 Å². The molecule has 2 nitrogen and oxygen atoms in total. The third-order valence-corrected chi connectivity index (χ3v) is 0.760. The van der Waals surface area contributed by atoms with Gasteiger partial charge in [-0.3, -0.25) is 0 Å². The minimum Gasteiger partial charge on any atom is -0.391 e. The quantitative estimate of drug-likeness (QED) is 0.560. The molecule has 0 aliphatic carbocycles. The summed E-state index contributed by atoms with van der Waals surface area (Å²) in [7, 11) is 4.64. The van der Waals surface area contributed by atoms with Gasteiger partial charge in [0.05, 0.1) is 12.7 Å². The van der Waals surface area contributed by atoms with Crippen molar-refractivity contribution in [1.82, 2.24) is 0 Å². The molecule has 0 bridgehead atoms. The molecule has 0 aliphatic rings. The van der Waals surface area contributed by atoms with E-state index < -0.39 is 6.10 Å². The molecule has 42 valence electrons. The summed E-state index contributed by atoms with van der Waals surface area (Å²) in [4.78, 5) is 0. The largest absolute Gasteiger partial charge is 0.391 e. The van der Waals surface area contributed by atoms with Crippen molar-refractivity contribution in [2.45, 2.75) is 19.4 Å². The standard InChI is InChI=1S/C5H10O2/c1-3-5(6)4-7-2/h2,5-6H,3-4H2,1H3. The van der Waals surface area contributed by atoms with E-state index in [2.05, 4.69) is 11.8 Å². The Morgan fingerprint density at radius 2 is 2.43 bits per heavy atom. The van der Waals surface area contributed by atoms with Crippen LogP contribution in [0.3, 0.4) is 0 Å². The Labute approximate surface area is 44.1 Å². The number of aliphatic hydroxyl groups is 1. The molecule has 0 spiro atoms. The molecule has 0 saturated carbocycles. The molecule has 1 unspecified atom stereocenters. The van der Waals surface area contributed by atoms with E-state index in [-0.39, 0.29) is 6.61 Å². The molecule has 0 aliphatic heterocycles. The molecule has 7 heavy (non-hydrogen) atoms. The highest BCUT2D eigenvalue weighted by molar-refractivity contribution is 4.46. The molecule has 2 radical (unpaired) electrons. The molecule has 0 saturated heterocycles. The maximum absolute atomic E-state index is 8.65. The fourth-order valence-corrected chi connectivity index (χ4v) is 0.229. The lowest BCUT2D eigenvalue weighted by atomic mass is 10.3. The molecule has 0 aromatic carbocycles. The Morgan fingerprint density at radius 3 is 2.57 bits per heavy atom. The first kappa shape index (κ1) is 6.92. The Morgan fingerprint density at radius 1 is 1.86 bits per heavy atom. The molecule has 0 heterocycles. The van der Waals surface area contributed by atoms with E-state index in [1.54, 1.807) is 0 Å². The second kappa shape index (κ2) is 4.09. The molecule has 0 aromatic rings. The SMILES string of the molecule is [CH]OCC(O)CC. The lowest BCUT2D eigenvalue weighted by Gasteiger charge is -2.02. The van der Waals surface area contributed by atoms with E-state index in [0.717, 1.165) is 0 Å². The normalized spacial score (nSPS) is 14.1. The maximum atomic E-state index is 8.65. The topological polar surface area (TPSA) is 29.5 Å². The van der Waals surface area contributed by atoms with Gasteiger partial charge in [0.25, 0.3) is 0 Å². The number of aliphatic hydroxyl groups excluding tert-OH is 1. The summed E-state index contributed by atoms with van der Waals surface area (Å²) in [6, 6.07) is 0. The zero-order valence-corrected chi connectivity index (χ0v) is 4.42. The minimum absolute atomic E-state index is 0.233. The zero-order valence-electron chi connectivity index (χ0n) is 4.42. The molecule has 0 amide bonds. The van der Waals surface area contributed by atoms with Gasteiger partial charge in [-0.1, -0.05) is 6.92 Å². The second-order valence-corrected chi connectivity index (χ2v) is 1.40. The minimum atomic E-state index is -0.398. The highest BCUT2D eigenvalue weighted by Gasteiger charge is 1.95. The van der Waals surface area contributed by atoms with Crippen LogP contribution in [0.5, 0.6) is 0 Å². The van der Waals surface area contributed by atoms with Gasteiger partial charge < -0.3 is 9.84 Å². The van der Waals surface area contributed by atoms with E-state index >= 15 is 0 Å². The van der Waals surface area contributed by atoms with Crippen LogP contribution in [-0.2, 0) is 4.74 Å². The fourth-order valence-electron chi connectivity index (χ4n) is 0.229. The average Bonchev–Trinajstić information content (AvgIpc) is 1.68. The average molecular weight is 102 g/mol. The zero-order chi connectivity index (χ0) is 5.70. The van der Waals surface area contributed by atoms with Crippen molar-refractivity contribution >= 4 is 0 Å². The van der Waals surface area contributed by atoms with Gasteiger partial charge >= 0.3 is 0 Å². The van der Waals surface area contributed by atoms with Crippen molar-refractivity contribution in [3.8, 4) is 0 Å². The fraction of sp³-hybridized carbons (Fsp3) is 0.800. The molecular weight excluding hydrogens is 92.1 g/mol. The molecule has 2 heteroatoms. The van der Waals surface area contributed by atoms with Crippen LogP contribution in [0, 0.1) is 7.11 Å². The van der Waals surface area contributed by atoms with E-state index in [9.17, 15) is 0 Å². The van der Waals surface area contributed by atoms with Crippen LogP contribution in [0.1, 0.15) is 13.3 Å². The van der Waals surface area contributed by atoms with Crippen LogP contribution in [-0.4, -0.2) is 17.8 Å². The van der Waals surface area contributed by atoms with Gasteiger partial charge in [0.2, 0.25) is 0 Å². The molecule has 0 rings (SSSR count). The van der Waals surface area contributed by atoms with Gasteiger partial charge in [-0.15, -0.1) is 0 Å². The summed E-state index contributed by atoms with van der Waals surface area (Å²) < 4.78 is 4.14. The number of hydrogen-bond acceptors (Lipinski definition) is 2. The summed E-state index contributed by atoms with van der Waals surface area (Å²) in [5.74, 6) is 0. The summed E-state index contributed by atoms with van der Waals surface area (Å²) in [5.41, 5.74) is 0. The first-order chi connectivity index (χ1) is 3.31. The third-order valence-electron chi connectivity index (χ3n) is 0.760. The lowest BCUT2D eigenvalue weighted by Crippen LogP contribution is -2.10. The summed E-state index contributed by atoms with van der Waals surface area (Å²) in [5, 5.41) is 8.65. The van der Waals surface area contributed by atoms with Crippen molar-refractivity contribution in [1.29, 1.82) is 0 Å². The van der Waals surface area contributed by atoms with Gasteiger partial charge in [-0.25, -0.2) is 0 Å². The van der Waals surface area contributed by atoms with E-state index in [0.29, 0.717) is 6.42 Å². The summed E-state index contributed by atoms with van der Waals surface area (Å²) in [6.07, 6.45) is 0.294. The van der Waals surface area contributed by atoms with Crippen molar-refractivity contribution in [3.05, 3.63) is 7.11 Å². The Kier molecular flexibility index (Phi) is 4.04. The lowest BCUT2D eigenvalue weighted by molar-refractivity contribution is 0.0788. The maximum Gasteiger partial charge on any atom is 0.115 e. The van der Waals surface area contributed by atoms with Crippen LogP contribution in [0.4, 0.5) is 0 Å². The van der Waals surface area contributed by atoms with E-state index in [4.69, 9.17) is 5.11 Å². The van der Waals surface area contributed by atoms with Crippen molar-refractivity contribution in [3.63, 3.8) is 0 Å². The number of ether oxygens (including phenoxy) is 1. The monoisotopic (exact) mass is 102 g/mol. The highest BCUT2D eigenvalue weighted by atomic mass is 16.5. The Bertz CT molecular complexity index is 37.1. The van der Waals surface area contributed by atoms with Gasteiger partial charge in [-0.2, -0.15) is 0 Å². The highest BCUT2D eigenvalue weighted by Crippen LogP contribution is 1.87. The van der Waals surface area contributed by atoms with Gasteiger partial charge in [0, 0.05) is 0 Å². The Balaban J connectivity index is 2.83. The van der Waals surface area contributed by atoms with Crippen LogP contribution in [0.25, 0.3) is 0 Å². The van der Waals surface area contributed by atoms with Gasteiger partial charge in [-0.05, 0) is 6.42 Å². The number of rotatable bonds is 3. The van der Waals surface area contributed by atoms with Crippen LogP contribution >= 0.6 is 0 Å². The van der Waals surface area contributed by atoms with Gasteiger partial charge in [0.1, 0.15) is 7.11 Å². The molecule has 1 atom stereocenters.